The highest BCUT2D eigenvalue weighted by atomic mass is 16.2. The largest absolute Gasteiger partial charge is 0.343 e. The minimum atomic E-state index is -0.0231. The standard InChI is InChI=1S/C12H16N4O/c1-8-2-4-9(5-3-8)16-11-10(6-15-16)12(17)14-7-13-11/h2-5,10-11,13,15H,6-7H2,1H3,(H,14,17). The smallest absolute Gasteiger partial charge is 0.228 e. The molecule has 3 N–H and O–H groups in total. The quantitative estimate of drug-likeness (QED) is 0.635. The molecule has 0 radical (unpaired) electrons. The van der Waals surface area contributed by atoms with E-state index in [1.807, 2.05) is 5.01 Å². The summed E-state index contributed by atoms with van der Waals surface area (Å²) in [5.41, 5.74) is 5.60. The van der Waals surface area contributed by atoms with Gasteiger partial charge in [0.25, 0.3) is 0 Å². The number of anilines is 1. The van der Waals surface area contributed by atoms with E-state index in [2.05, 4.69) is 47.2 Å². The summed E-state index contributed by atoms with van der Waals surface area (Å²) in [7, 11) is 0. The number of aryl methyl sites for hydroxylation is 1. The first-order chi connectivity index (χ1) is 8.25. The maximum Gasteiger partial charge on any atom is 0.228 e. The first kappa shape index (κ1) is 10.6. The molecule has 5 nitrogen and oxygen atoms in total. The van der Waals surface area contributed by atoms with Crippen molar-refractivity contribution in [2.75, 3.05) is 18.2 Å². The Labute approximate surface area is 100 Å². The summed E-state index contributed by atoms with van der Waals surface area (Å²) in [4.78, 5) is 11.7. The van der Waals surface area contributed by atoms with Gasteiger partial charge in [0, 0.05) is 6.54 Å². The SMILES string of the molecule is Cc1ccc(N2NCC3C(=O)NCNC32)cc1. The fraction of sp³-hybridized carbons (Fsp3) is 0.417. The van der Waals surface area contributed by atoms with Crippen molar-refractivity contribution < 1.29 is 4.79 Å². The zero-order chi connectivity index (χ0) is 11.8. The van der Waals surface area contributed by atoms with Crippen molar-refractivity contribution in [2.24, 2.45) is 5.92 Å². The minimum absolute atomic E-state index is 0.0231. The molecule has 1 amide bonds. The molecule has 3 rings (SSSR count). The van der Waals surface area contributed by atoms with Crippen LogP contribution in [0.5, 0.6) is 0 Å². The van der Waals surface area contributed by atoms with Gasteiger partial charge in [-0.15, -0.1) is 0 Å². The number of hydrogen-bond acceptors (Lipinski definition) is 4. The summed E-state index contributed by atoms with van der Waals surface area (Å²) in [6, 6.07) is 8.29. The molecule has 0 bridgehead atoms. The van der Waals surface area contributed by atoms with Crippen LogP contribution in [0.15, 0.2) is 24.3 Å². The van der Waals surface area contributed by atoms with E-state index < -0.39 is 0 Å². The second-order valence-corrected chi connectivity index (χ2v) is 4.54. The van der Waals surface area contributed by atoms with Crippen LogP contribution < -0.4 is 21.1 Å². The third-order valence-electron chi connectivity index (χ3n) is 3.36. The molecule has 1 aromatic rings. The van der Waals surface area contributed by atoms with Crippen LogP contribution in [-0.4, -0.2) is 25.3 Å². The predicted molar refractivity (Wildman–Crippen MR) is 65.1 cm³/mol. The number of fused-ring (bicyclic) bond motifs is 1. The van der Waals surface area contributed by atoms with Gasteiger partial charge in [0.05, 0.1) is 18.3 Å². The Morgan fingerprint density at radius 1 is 1.29 bits per heavy atom. The molecule has 5 heteroatoms. The number of rotatable bonds is 1. The van der Waals surface area contributed by atoms with E-state index in [0.717, 1.165) is 5.69 Å². The first-order valence-corrected chi connectivity index (χ1v) is 5.86. The summed E-state index contributed by atoms with van der Waals surface area (Å²) >= 11 is 0. The molecular formula is C12H16N4O. The Bertz CT molecular complexity index is 431. The summed E-state index contributed by atoms with van der Waals surface area (Å²) < 4.78 is 0. The van der Waals surface area contributed by atoms with Crippen molar-refractivity contribution in [3.05, 3.63) is 29.8 Å². The van der Waals surface area contributed by atoms with Crippen LogP contribution in [0.4, 0.5) is 5.69 Å². The van der Waals surface area contributed by atoms with Crippen molar-refractivity contribution in [2.45, 2.75) is 13.1 Å². The molecular weight excluding hydrogens is 216 g/mol. The van der Waals surface area contributed by atoms with Gasteiger partial charge >= 0.3 is 0 Å². The van der Waals surface area contributed by atoms with Crippen molar-refractivity contribution in [3.8, 4) is 0 Å². The van der Waals surface area contributed by atoms with Gasteiger partial charge in [-0.3, -0.25) is 15.1 Å². The summed E-state index contributed by atoms with van der Waals surface area (Å²) in [6.07, 6.45) is 0.0476. The zero-order valence-corrected chi connectivity index (χ0v) is 9.73. The minimum Gasteiger partial charge on any atom is -0.343 e. The summed E-state index contributed by atoms with van der Waals surface area (Å²) in [5, 5.41) is 8.17. The van der Waals surface area contributed by atoms with E-state index in [1.165, 1.54) is 5.56 Å². The molecule has 2 saturated heterocycles. The fourth-order valence-electron chi connectivity index (χ4n) is 2.39. The molecule has 0 saturated carbocycles. The molecule has 0 aliphatic carbocycles. The number of hydrogen-bond donors (Lipinski definition) is 3. The lowest BCUT2D eigenvalue weighted by Gasteiger charge is -2.32. The summed E-state index contributed by atoms with van der Waals surface area (Å²) in [6.45, 7) is 3.28. The second-order valence-electron chi connectivity index (χ2n) is 4.54. The van der Waals surface area contributed by atoms with E-state index in [4.69, 9.17) is 0 Å². The second kappa shape index (κ2) is 4.01. The zero-order valence-electron chi connectivity index (χ0n) is 9.73. The van der Waals surface area contributed by atoms with Crippen molar-refractivity contribution >= 4 is 11.6 Å². The normalized spacial score (nSPS) is 27.8. The Balaban J connectivity index is 1.85. The van der Waals surface area contributed by atoms with Crippen LogP contribution in [0.1, 0.15) is 5.56 Å². The van der Waals surface area contributed by atoms with Crippen LogP contribution in [0.25, 0.3) is 0 Å². The lowest BCUT2D eigenvalue weighted by Crippen LogP contribution is -2.58. The molecule has 2 fully saturated rings. The van der Waals surface area contributed by atoms with E-state index in [1.54, 1.807) is 0 Å². The third-order valence-corrected chi connectivity index (χ3v) is 3.36. The maximum atomic E-state index is 11.7. The van der Waals surface area contributed by atoms with Gasteiger partial charge < -0.3 is 5.32 Å². The van der Waals surface area contributed by atoms with Crippen molar-refractivity contribution in [1.82, 2.24) is 16.1 Å². The van der Waals surface area contributed by atoms with Crippen LogP contribution in [0.3, 0.4) is 0 Å². The number of nitrogens with one attached hydrogen (secondary N) is 3. The highest BCUT2D eigenvalue weighted by Crippen LogP contribution is 2.24. The topological polar surface area (TPSA) is 56.4 Å². The van der Waals surface area contributed by atoms with Gasteiger partial charge in [-0.2, -0.15) is 0 Å². The number of nitrogens with zero attached hydrogens (tertiary/aromatic N) is 1. The van der Waals surface area contributed by atoms with Crippen molar-refractivity contribution in [3.63, 3.8) is 0 Å². The Morgan fingerprint density at radius 3 is 2.82 bits per heavy atom. The lowest BCUT2D eigenvalue weighted by molar-refractivity contribution is -0.126. The molecule has 2 aliphatic heterocycles. The van der Waals surface area contributed by atoms with Crippen LogP contribution >= 0.6 is 0 Å². The Kier molecular flexibility index (Phi) is 2.49. The van der Waals surface area contributed by atoms with E-state index in [-0.39, 0.29) is 18.0 Å². The highest BCUT2D eigenvalue weighted by Gasteiger charge is 2.40. The number of carbonyl (C=O) groups is 1. The molecule has 2 heterocycles. The van der Waals surface area contributed by atoms with E-state index in [9.17, 15) is 4.79 Å². The van der Waals surface area contributed by atoms with Gasteiger partial charge in [0.1, 0.15) is 6.17 Å². The van der Waals surface area contributed by atoms with Gasteiger partial charge in [0.15, 0.2) is 0 Å². The number of hydrazine groups is 1. The van der Waals surface area contributed by atoms with Gasteiger partial charge in [0.2, 0.25) is 5.91 Å². The molecule has 90 valence electrons. The summed E-state index contributed by atoms with van der Waals surface area (Å²) in [5.74, 6) is 0.0981. The molecule has 2 unspecified atom stereocenters. The van der Waals surface area contributed by atoms with Crippen LogP contribution in [-0.2, 0) is 4.79 Å². The number of amides is 1. The molecule has 2 atom stereocenters. The monoisotopic (exact) mass is 232 g/mol. The first-order valence-electron chi connectivity index (χ1n) is 5.86. The average Bonchev–Trinajstić information content (AvgIpc) is 2.75. The lowest BCUT2D eigenvalue weighted by atomic mass is 10.1. The average molecular weight is 232 g/mol. The Morgan fingerprint density at radius 2 is 2.06 bits per heavy atom. The highest BCUT2D eigenvalue weighted by molar-refractivity contribution is 5.81. The third kappa shape index (κ3) is 1.77. The molecule has 17 heavy (non-hydrogen) atoms. The Hall–Kier alpha value is -1.59. The van der Waals surface area contributed by atoms with E-state index >= 15 is 0 Å². The van der Waals surface area contributed by atoms with Gasteiger partial charge in [-0.1, -0.05) is 17.7 Å². The maximum absolute atomic E-state index is 11.7. The number of benzene rings is 1. The molecule has 0 spiro atoms. The predicted octanol–water partition coefficient (Wildman–Crippen LogP) is -0.0612. The fourth-order valence-corrected chi connectivity index (χ4v) is 2.39. The molecule has 2 aliphatic rings. The van der Waals surface area contributed by atoms with E-state index in [0.29, 0.717) is 13.2 Å². The van der Waals surface area contributed by atoms with Crippen molar-refractivity contribution in [1.29, 1.82) is 0 Å². The molecule has 0 aromatic heterocycles. The molecule has 1 aromatic carbocycles. The van der Waals surface area contributed by atoms with Crippen LogP contribution in [0.2, 0.25) is 0 Å². The van der Waals surface area contributed by atoms with Gasteiger partial charge in [-0.25, -0.2) is 5.43 Å². The van der Waals surface area contributed by atoms with Crippen LogP contribution in [0, 0.1) is 12.8 Å². The number of carbonyl (C=O) groups excluding carboxylic acids is 1. The van der Waals surface area contributed by atoms with Gasteiger partial charge in [-0.05, 0) is 19.1 Å².